The molecule has 31 heavy (non-hydrogen) atoms. The molecule has 0 saturated carbocycles. The molecule has 3 aliphatic rings. The molecule has 3 saturated heterocycles. The molecular formula is C22H30F3N4O2+. The Morgan fingerprint density at radius 2 is 1.81 bits per heavy atom. The van der Waals surface area contributed by atoms with Gasteiger partial charge in [0.25, 0.3) is 5.91 Å². The highest BCUT2D eigenvalue weighted by Crippen LogP contribution is 2.31. The second-order valence-electron chi connectivity index (χ2n) is 8.72. The number of hydrogen-bond acceptors (Lipinski definition) is 3. The van der Waals surface area contributed by atoms with E-state index in [1.54, 1.807) is 11.0 Å². The molecule has 4 rings (SSSR count). The lowest BCUT2D eigenvalue weighted by atomic mass is 10.0. The van der Waals surface area contributed by atoms with E-state index in [4.69, 9.17) is 0 Å². The summed E-state index contributed by atoms with van der Waals surface area (Å²) >= 11 is 0. The van der Waals surface area contributed by atoms with E-state index in [9.17, 15) is 22.8 Å². The van der Waals surface area contributed by atoms with Crippen molar-refractivity contribution >= 4 is 17.6 Å². The quantitative estimate of drug-likeness (QED) is 0.545. The van der Waals surface area contributed by atoms with Gasteiger partial charge < -0.3 is 14.7 Å². The molecular weight excluding hydrogens is 409 g/mol. The van der Waals surface area contributed by atoms with Gasteiger partial charge in [0.15, 0.2) is 0 Å². The van der Waals surface area contributed by atoms with Crippen molar-refractivity contribution < 1.29 is 27.7 Å². The first-order chi connectivity index (χ1) is 14.8. The molecule has 3 heterocycles. The molecule has 0 unspecified atom stereocenters. The Balaban J connectivity index is 1.19. The predicted octanol–water partition coefficient (Wildman–Crippen LogP) is 2.01. The lowest BCUT2D eigenvalue weighted by Crippen LogP contribution is -3.14. The predicted molar refractivity (Wildman–Crippen MR) is 110 cm³/mol. The first-order valence-electron chi connectivity index (χ1n) is 11.2. The van der Waals surface area contributed by atoms with Gasteiger partial charge in [-0.05, 0) is 50.3 Å². The van der Waals surface area contributed by atoms with Crippen molar-refractivity contribution in [2.24, 2.45) is 0 Å². The first kappa shape index (κ1) is 21.9. The average Bonchev–Trinajstić information content (AvgIpc) is 3.01. The SMILES string of the molecule is O=C1[C@@H]2CCCCN2C(=O)N1CCCC[NH+]1CCN(c2cccc(C(F)(F)F)c2)CC1. The van der Waals surface area contributed by atoms with E-state index >= 15 is 0 Å². The third-order valence-corrected chi connectivity index (χ3v) is 6.70. The van der Waals surface area contributed by atoms with Crippen LogP contribution in [-0.2, 0) is 11.0 Å². The van der Waals surface area contributed by atoms with Crippen molar-refractivity contribution in [3.05, 3.63) is 29.8 Å². The molecule has 3 fully saturated rings. The highest BCUT2D eigenvalue weighted by molar-refractivity contribution is 6.04. The monoisotopic (exact) mass is 439 g/mol. The average molecular weight is 440 g/mol. The van der Waals surface area contributed by atoms with Crippen LogP contribution in [0.25, 0.3) is 0 Å². The van der Waals surface area contributed by atoms with Crippen LogP contribution in [0.15, 0.2) is 24.3 Å². The number of piperazine rings is 1. The maximum Gasteiger partial charge on any atom is 0.416 e. The molecule has 1 N–H and O–H groups in total. The van der Waals surface area contributed by atoms with Gasteiger partial charge in [0.1, 0.15) is 6.04 Å². The number of benzene rings is 1. The number of urea groups is 1. The van der Waals surface area contributed by atoms with Crippen molar-refractivity contribution in [3.63, 3.8) is 0 Å². The molecule has 0 aliphatic carbocycles. The van der Waals surface area contributed by atoms with Gasteiger partial charge in [-0.1, -0.05) is 6.07 Å². The normalized spacial score (nSPS) is 22.9. The molecule has 1 atom stereocenters. The van der Waals surface area contributed by atoms with Gasteiger partial charge in [-0.25, -0.2) is 4.79 Å². The Bertz CT molecular complexity index is 784. The molecule has 1 aromatic rings. The van der Waals surface area contributed by atoms with Crippen LogP contribution in [0.3, 0.4) is 0 Å². The van der Waals surface area contributed by atoms with Gasteiger partial charge in [0.05, 0.1) is 38.3 Å². The summed E-state index contributed by atoms with van der Waals surface area (Å²) in [6, 6.07) is 5.16. The molecule has 9 heteroatoms. The summed E-state index contributed by atoms with van der Waals surface area (Å²) in [7, 11) is 0. The van der Waals surface area contributed by atoms with Crippen LogP contribution >= 0.6 is 0 Å². The summed E-state index contributed by atoms with van der Waals surface area (Å²) < 4.78 is 38.8. The Morgan fingerprint density at radius 3 is 2.52 bits per heavy atom. The zero-order valence-corrected chi connectivity index (χ0v) is 17.7. The van der Waals surface area contributed by atoms with Gasteiger partial charge in [-0.15, -0.1) is 0 Å². The molecule has 170 valence electrons. The number of alkyl halides is 3. The van der Waals surface area contributed by atoms with Crippen molar-refractivity contribution in [2.75, 3.05) is 50.7 Å². The van der Waals surface area contributed by atoms with Crippen molar-refractivity contribution in [1.29, 1.82) is 0 Å². The molecule has 6 nitrogen and oxygen atoms in total. The molecule has 0 aromatic heterocycles. The van der Waals surface area contributed by atoms with Gasteiger partial charge in [0, 0.05) is 18.8 Å². The molecule has 3 aliphatic heterocycles. The highest BCUT2D eigenvalue weighted by Gasteiger charge is 2.45. The molecule has 3 amide bonds. The Hall–Kier alpha value is -2.29. The van der Waals surface area contributed by atoms with Crippen LogP contribution < -0.4 is 9.80 Å². The maximum atomic E-state index is 12.9. The van der Waals surface area contributed by atoms with Gasteiger partial charge in [-0.2, -0.15) is 13.2 Å². The van der Waals surface area contributed by atoms with Crippen LogP contribution in [0.1, 0.15) is 37.7 Å². The number of amides is 3. The van der Waals surface area contributed by atoms with Crippen LogP contribution in [0.5, 0.6) is 0 Å². The summed E-state index contributed by atoms with van der Waals surface area (Å²) in [5.41, 5.74) is 0.0124. The Morgan fingerprint density at radius 1 is 1.03 bits per heavy atom. The first-order valence-corrected chi connectivity index (χ1v) is 11.2. The Kier molecular flexibility index (Phi) is 6.41. The number of rotatable bonds is 6. The number of imide groups is 1. The van der Waals surface area contributed by atoms with Crippen LogP contribution in [0.2, 0.25) is 0 Å². The summed E-state index contributed by atoms with van der Waals surface area (Å²) in [5.74, 6) is -0.0354. The number of carbonyl (C=O) groups excluding carboxylic acids is 2. The number of nitrogens with one attached hydrogen (secondary N) is 1. The number of carbonyl (C=O) groups is 2. The fraction of sp³-hybridized carbons (Fsp3) is 0.636. The van der Waals surface area contributed by atoms with Crippen LogP contribution in [0.4, 0.5) is 23.7 Å². The number of hydrogen-bond donors (Lipinski definition) is 1. The van der Waals surface area contributed by atoms with E-state index in [0.29, 0.717) is 18.8 Å². The Labute approximate surface area is 180 Å². The fourth-order valence-corrected chi connectivity index (χ4v) is 4.91. The molecule has 0 radical (unpaired) electrons. The zero-order valence-electron chi connectivity index (χ0n) is 17.7. The zero-order chi connectivity index (χ0) is 22.0. The lowest BCUT2D eigenvalue weighted by molar-refractivity contribution is -0.900. The second-order valence-corrected chi connectivity index (χ2v) is 8.72. The van der Waals surface area contributed by atoms with E-state index in [-0.39, 0.29) is 18.0 Å². The third-order valence-electron chi connectivity index (χ3n) is 6.70. The van der Waals surface area contributed by atoms with Crippen molar-refractivity contribution in [1.82, 2.24) is 9.80 Å². The minimum absolute atomic E-state index is 0.0354. The van der Waals surface area contributed by atoms with E-state index in [0.717, 1.165) is 70.9 Å². The minimum atomic E-state index is -4.32. The van der Waals surface area contributed by atoms with Crippen LogP contribution in [0, 0.1) is 0 Å². The van der Waals surface area contributed by atoms with Gasteiger partial charge in [0.2, 0.25) is 0 Å². The topological polar surface area (TPSA) is 48.3 Å². The fourth-order valence-electron chi connectivity index (χ4n) is 4.91. The molecule has 0 bridgehead atoms. The summed E-state index contributed by atoms with van der Waals surface area (Å²) in [4.78, 5) is 31.5. The summed E-state index contributed by atoms with van der Waals surface area (Å²) in [5, 5.41) is 0. The standard InChI is InChI=1S/C22H29F3N4O2/c23-22(24,25)17-6-5-7-18(16-17)27-14-12-26(13-15-27)9-3-4-11-29-20(30)19-8-1-2-10-28(19)21(29)31/h5-7,16,19H,1-4,8-15H2/p+1/t19-/m0/s1. The smallest absolute Gasteiger partial charge is 0.360 e. The number of unbranched alkanes of at least 4 members (excludes halogenated alkanes) is 1. The maximum absolute atomic E-state index is 12.9. The van der Waals surface area contributed by atoms with E-state index in [2.05, 4.69) is 0 Å². The third kappa shape index (κ3) is 4.81. The second kappa shape index (κ2) is 9.06. The number of fused-ring (bicyclic) bond motifs is 1. The van der Waals surface area contributed by atoms with Crippen molar-refractivity contribution in [2.45, 2.75) is 44.3 Å². The number of quaternary nitrogens is 1. The number of nitrogens with zero attached hydrogens (tertiary/aromatic N) is 3. The lowest BCUT2D eigenvalue weighted by Gasteiger charge is -2.34. The minimum Gasteiger partial charge on any atom is -0.360 e. The summed E-state index contributed by atoms with van der Waals surface area (Å²) in [6.07, 6.45) is 0.139. The summed E-state index contributed by atoms with van der Waals surface area (Å²) in [6.45, 7) is 5.29. The van der Waals surface area contributed by atoms with Gasteiger partial charge >= 0.3 is 12.2 Å². The molecule has 0 spiro atoms. The van der Waals surface area contributed by atoms with Crippen molar-refractivity contribution in [3.8, 4) is 0 Å². The number of anilines is 1. The van der Waals surface area contributed by atoms with E-state index in [1.165, 1.54) is 21.9 Å². The van der Waals surface area contributed by atoms with E-state index < -0.39 is 11.7 Å². The highest BCUT2D eigenvalue weighted by atomic mass is 19.4. The molecule has 1 aromatic carbocycles. The number of halogens is 3. The van der Waals surface area contributed by atoms with Crippen LogP contribution in [-0.4, -0.2) is 73.6 Å². The largest absolute Gasteiger partial charge is 0.416 e. The van der Waals surface area contributed by atoms with Gasteiger partial charge in [-0.3, -0.25) is 9.69 Å². The number of piperidine rings is 1. The van der Waals surface area contributed by atoms with E-state index in [1.807, 2.05) is 4.90 Å².